The molecule has 0 bridgehead atoms. The van der Waals surface area contributed by atoms with Crippen LogP contribution in [0.4, 0.5) is 0 Å². The van der Waals surface area contributed by atoms with Crippen molar-refractivity contribution in [3.05, 3.63) is 61.1 Å². The van der Waals surface area contributed by atoms with Crippen molar-refractivity contribution in [1.29, 1.82) is 0 Å². The molecule has 5 rings (SSSR count). The Bertz CT molecular complexity index is 1140. The third-order valence-corrected chi connectivity index (χ3v) is 4.13. The quantitative estimate of drug-likeness (QED) is 0.423. The van der Waals surface area contributed by atoms with Crippen LogP contribution in [0.5, 0.6) is 0 Å². The molecule has 0 unspecified atom stereocenters. The van der Waals surface area contributed by atoms with Crippen LogP contribution in [0.3, 0.4) is 0 Å². The first-order chi connectivity index (χ1) is 10.4. The van der Waals surface area contributed by atoms with Gasteiger partial charge in [-0.2, -0.15) is 0 Å². The Balaban J connectivity index is 2.25. The summed E-state index contributed by atoms with van der Waals surface area (Å²) in [5.41, 5.74) is 3.14. The number of nitrogens with zero attached hydrogens (tertiary/aromatic N) is 2. The molecule has 0 radical (unpaired) electrons. The van der Waals surface area contributed by atoms with Crippen LogP contribution in [0.25, 0.3) is 43.5 Å². The molecule has 0 fully saturated rings. The predicted octanol–water partition coefficient (Wildman–Crippen LogP) is 4.42. The molecule has 2 heterocycles. The first kappa shape index (κ1) is 10.8. The van der Waals surface area contributed by atoms with Crippen molar-refractivity contribution in [3.8, 4) is 0 Å². The first-order valence-electron chi connectivity index (χ1n) is 6.95. The van der Waals surface area contributed by atoms with E-state index in [2.05, 4.69) is 57.4 Å². The summed E-state index contributed by atoms with van der Waals surface area (Å²) >= 11 is 0. The minimum atomic E-state index is 1.01. The Hall–Kier alpha value is -2.94. The van der Waals surface area contributed by atoms with E-state index in [-0.39, 0.29) is 0 Å². The van der Waals surface area contributed by atoms with Crippen molar-refractivity contribution in [2.24, 2.45) is 0 Å². The number of hydrogen-bond acceptors (Lipinski definition) is 2. The second-order valence-corrected chi connectivity index (χ2v) is 5.23. The summed E-state index contributed by atoms with van der Waals surface area (Å²) in [7, 11) is 0. The van der Waals surface area contributed by atoms with Crippen molar-refractivity contribution >= 4 is 43.5 Å². The van der Waals surface area contributed by atoms with Crippen LogP contribution in [0.1, 0.15) is 0 Å². The zero-order valence-electron chi connectivity index (χ0n) is 11.2. The molecule has 21 heavy (non-hydrogen) atoms. The molecule has 0 aliphatic carbocycles. The van der Waals surface area contributed by atoms with Gasteiger partial charge < -0.3 is 4.98 Å². The molecule has 0 aliphatic rings. The lowest BCUT2D eigenvalue weighted by atomic mass is 9.97. The SMILES string of the molecule is c1cnc2c(c1)ccc1c3nc[nH]c3c3ccccc3c12. The van der Waals surface area contributed by atoms with E-state index in [9.17, 15) is 0 Å². The fraction of sp³-hybridized carbons (Fsp3) is 0. The van der Waals surface area contributed by atoms with E-state index < -0.39 is 0 Å². The molecule has 2 aromatic heterocycles. The maximum atomic E-state index is 4.61. The van der Waals surface area contributed by atoms with E-state index in [1.165, 1.54) is 16.2 Å². The molecule has 98 valence electrons. The second kappa shape index (κ2) is 3.79. The number of fused-ring (bicyclic) bond motifs is 8. The Morgan fingerprint density at radius 1 is 0.714 bits per heavy atom. The van der Waals surface area contributed by atoms with Gasteiger partial charge >= 0.3 is 0 Å². The number of nitrogens with one attached hydrogen (secondary N) is 1. The Labute approximate surface area is 120 Å². The van der Waals surface area contributed by atoms with Crippen molar-refractivity contribution in [2.45, 2.75) is 0 Å². The van der Waals surface area contributed by atoms with Crippen LogP contribution in [-0.2, 0) is 0 Å². The van der Waals surface area contributed by atoms with Crippen molar-refractivity contribution in [2.75, 3.05) is 0 Å². The van der Waals surface area contributed by atoms with Gasteiger partial charge in [-0.25, -0.2) is 4.98 Å². The monoisotopic (exact) mass is 269 g/mol. The molecule has 0 spiro atoms. The van der Waals surface area contributed by atoms with Crippen LogP contribution in [0.15, 0.2) is 61.1 Å². The molecular formula is C18H11N3. The number of imidazole rings is 1. The van der Waals surface area contributed by atoms with E-state index in [0.29, 0.717) is 0 Å². The smallest absolute Gasteiger partial charge is 0.0968 e. The van der Waals surface area contributed by atoms with Gasteiger partial charge in [0.15, 0.2) is 0 Å². The Kier molecular flexibility index (Phi) is 1.95. The first-order valence-corrected chi connectivity index (χ1v) is 6.95. The summed E-state index contributed by atoms with van der Waals surface area (Å²) < 4.78 is 0. The van der Waals surface area contributed by atoms with Gasteiger partial charge in [0.05, 0.1) is 22.9 Å². The average Bonchev–Trinajstić information content (AvgIpc) is 3.04. The van der Waals surface area contributed by atoms with Gasteiger partial charge in [0.25, 0.3) is 0 Å². The number of aromatic amines is 1. The molecule has 1 N–H and O–H groups in total. The maximum absolute atomic E-state index is 4.61. The molecule has 0 amide bonds. The van der Waals surface area contributed by atoms with Crippen LogP contribution in [0, 0.1) is 0 Å². The van der Waals surface area contributed by atoms with E-state index in [0.717, 1.165) is 27.3 Å². The van der Waals surface area contributed by atoms with Crippen LogP contribution >= 0.6 is 0 Å². The summed E-state index contributed by atoms with van der Waals surface area (Å²) in [5.74, 6) is 0. The zero-order valence-corrected chi connectivity index (χ0v) is 11.2. The topological polar surface area (TPSA) is 41.6 Å². The lowest BCUT2D eigenvalue weighted by molar-refractivity contribution is 1.35. The molecule has 3 nitrogen and oxygen atoms in total. The molecule has 0 atom stereocenters. The van der Waals surface area contributed by atoms with Crippen molar-refractivity contribution in [3.63, 3.8) is 0 Å². The lowest BCUT2D eigenvalue weighted by Gasteiger charge is -2.08. The van der Waals surface area contributed by atoms with Gasteiger partial charge in [-0.15, -0.1) is 0 Å². The molecule has 0 saturated carbocycles. The standard InChI is InChI=1S/C18H11N3/c1-2-6-13-12(5-1)15-14(18-17(13)20-10-21-18)8-7-11-4-3-9-19-16(11)15/h1-10H,(H,20,21). The van der Waals surface area contributed by atoms with Gasteiger partial charge in [0.1, 0.15) is 0 Å². The Morgan fingerprint density at radius 3 is 2.57 bits per heavy atom. The highest BCUT2D eigenvalue weighted by Crippen LogP contribution is 2.36. The Morgan fingerprint density at radius 2 is 1.62 bits per heavy atom. The van der Waals surface area contributed by atoms with Gasteiger partial charge in [-0.05, 0) is 11.5 Å². The average molecular weight is 269 g/mol. The molecule has 0 saturated heterocycles. The maximum Gasteiger partial charge on any atom is 0.0968 e. The number of pyridine rings is 1. The molecule has 3 heteroatoms. The third kappa shape index (κ3) is 1.32. The number of hydrogen-bond donors (Lipinski definition) is 1. The number of rotatable bonds is 0. The molecule has 5 aromatic rings. The highest BCUT2D eigenvalue weighted by Gasteiger charge is 2.12. The molecule has 0 aliphatic heterocycles. The van der Waals surface area contributed by atoms with E-state index >= 15 is 0 Å². The largest absolute Gasteiger partial charge is 0.344 e. The minimum absolute atomic E-state index is 1.01. The van der Waals surface area contributed by atoms with Crippen LogP contribution < -0.4 is 0 Å². The van der Waals surface area contributed by atoms with Gasteiger partial charge in [0.2, 0.25) is 0 Å². The molecule has 3 aromatic carbocycles. The normalized spacial score (nSPS) is 11.8. The summed E-state index contributed by atoms with van der Waals surface area (Å²) in [5, 5.41) is 5.90. The van der Waals surface area contributed by atoms with Gasteiger partial charge in [0, 0.05) is 27.7 Å². The van der Waals surface area contributed by atoms with Gasteiger partial charge in [-0.3, -0.25) is 4.98 Å². The van der Waals surface area contributed by atoms with Crippen LogP contribution in [-0.4, -0.2) is 15.0 Å². The fourth-order valence-corrected chi connectivity index (χ4v) is 3.24. The van der Waals surface area contributed by atoms with E-state index in [1.807, 2.05) is 12.3 Å². The second-order valence-electron chi connectivity index (χ2n) is 5.23. The third-order valence-electron chi connectivity index (χ3n) is 4.13. The minimum Gasteiger partial charge on any atom is -0.344 e. The van der Waals surface area contributed by atoms with E-state index in [1.54, 1.807) is 6.33 Å². The van der Waals surface area contributed by atoms with E-state index in [4.69, 9.17) is 0 Å². The van der Waals surface area contributed by atoms with Crippen molar-refractivity contribution < 1.29 is 0 Å². The van der Waals surface area contributed by atoms with Gasteiger partial charge in [-0.1, -0.05) is 42.5 Å². The number of benzene rings is 3. The number of aromatic nitrogens is 3. The highest BCUT2D eigenvalue weighted by molar-refractivity contribution is 6.29. The van der Waals surface area contributed by atoms with Crippen molar-refractivity contribution in [1.82, 2.24) is 15.0 Å². The summed E-state index contributed by atoms with van der Waals surface area (Å²) in [6.45, 7) is 0. The number of H-pyrrole nitrogens is 1. The fourth-order valence-electron chi connectivity index (χ4n) is 3.24. The zero-order chi connectivity index (χ0) is 13.8. The summed E-state index contributed by atoms with van der Waals surface area (Å²) in [4.78, 5) is 12.4. The molecular weight excluding hydrogens is 258 g/mol. The van der Waals surface area contributed by atoms with Crippen LogP contribution in [0.2, 0.25) is 0 Å². The summed E-state index contributed by atoms with van der Waals surface area (Å²) in [6.07, 6.45) is 3.62. The predicted molar refractivity (Wildman–Crippen MR) is 86.4 cm³/mol. The lowest BCUT2D eigenvalue weighted by Crippen LogP contribution is -1.86. The summed E-state index contributed by atoms with van der Waals surface area (Å²) in [6, 6.07) is 16.8. The highest BCUT2D eigenvalue weighted by atomic mass is 14.9.